The van der Waals surface area contributed by atoms with Crippen LogP contribution in [-0.4, -0.2) is 32.2 Å². The topological polar surface area (TPSA) is 59.6 Å². The Morgan fingerprint density at radius 3 is 2.81 bits per heavy atom. The second-order valence-electron chi connectivity index (χ2n) is 5.29. The lowest BCUT2D eigenvalue weighted by Gasteiger charge is -2.12. The minimum absolute atomic E-state index is 0.0281. The fourth-order valence-electron chi connectivity index (χ4n) is 1.99. The summed E-state index contributed by atoms with van der Waals surface area (Å²) in [4.78, 5) is 11.6. The summed E-state index contributed by atoms with van der Waals surface area (Å²) in [6, 6.07) is 6.14. The van der Waals surface area contributed by atoms with E-state index in [1.807, 2.05) is 18.2 Å². The molecule has 0 saturated heterocycles. The molecule has 0 unspecified atom stereocenters. The number of hydrogen-bond acceptors (Lipinski definition) is 4. The summed E-state index contributed by atoms with van der Waals surface area (Å²) in [5.41, 5.74) is 1.13. The zero-order valence-corrected chi connectivity index (χ0v) is 12.8. The van der Waals surface area contributed by atoms with Crippen LogP contribution in [0.1, 0.15) is 31.7 Å². The predicted molar refractivity (Wildman–Crippen MR) is 81.7 cm³/mol. The lowest BCUT2D eigenvalue weighted by molar-refractivity contribution is -0.123. The van der Waals surface area contributed by atoms with E-state index in [1.54, 1.807) is 7.11 Å². The molecule has 0 bridgehead atoms. The van der Waals surface area contributed by atoms with Crippen LogP contribution in [0.3, 0.4) is 0 Å². The number of carbonyl (C=O) groups is 1. The van der Waals surface area contributed by atoms with Gasteiger partial charge in [-0.1, -0.05) is 13.0 Å². The van der Waals surface area contributed by atoms with E-state index < -0.39 is 0 Å². The Balaban J connectivity index is 1.87. The second kappa shape index (κ2) is 7.88. The Hall–Kier alpha value is -1.75. The van der Waals surface area contributed by atoms with Crippen LogP contribution in [0.5, 0.6) is 11.5 Å². The highest BCUT2D eigenvalue weighted by Gasteiger charge is 2.23. The quantitative estimate of drug-likeness (QED) is 0.682. The van der Waals surface area contributed by atoms with Crippen LogP contribution in [-0.2, 0) is 11.3 Å². The van der Waals surface area contributed by atoms with E-state index in [0.29, 0.717) is 17.5 Å². The average Bonchev–Trinajstić information content (AvgIpc) is 3.29. The van der Waals surface area contributed by atoms with E-state index in [0.717, 1.165) is 37.9 Å². The first-order valence-electron chi connectivity index (χ1n) is 7.52. The van der Waals surface area contributed by atoms with Crippen molar-refractivity contribution in [2.24, 2.45) is 0 Å². The molecule has 1 aromatic rings. The number of ether oxygens (including phenoxy) is 2. The zero-order valence-electron chi connectivity index (χ0n) is 12.8. The molecule has 21 heavy (non-hydrogen) atoms. The van der Waals surface area contributed by atoms with Crippen molar-refractivity contribution in [3.8, 4) is 11.5 Å². The van der Waals surface area contributed by atoms with Crippen molar-refractivity contribution >= 4 is 5.91 Å². The summed E-state index contributed by atoms with van der Waals surface area (Å²) >= 11 is 0. The molecule has 1 aromatic carbocycles. The van der Waals surface area contributed by atoms with Crippen LogP contribution in [0.25, 0.3) is 0 Å². The van der Waals surface area contributed by atoms with Gasteiger partial charge < -0.3 is 20.1 Å². The number of amides is 1. The average molecular weight is 292 g/mol. The Morgan fingerprint density at radius 2 is 2.14 bits per heavy atom. The number of nitrogens with one attached hydrogen (secondary N) is 2. The third kappa shape index (κ3) is 5.27. The standard InChI is InChI=1S/C16H24N2O3/c1-3-8-17-10-12-4-7-14(15(9-12)20-2)21-11-16(19)18-13-5-6-13/h4,7,9,13,17H,3,5-6,8,10-11H2,1-2H3,(H,18,19). The molecule has 1 saturated carbocycles. The second-order valence-corrected chi connectivity index (χ2v) is 5.29. The maximum absolute atomic E-state index is 11.6. The number of benzene rings is 1. The first-order chi connectivity index (χ1) is 10.2. The number of rotatable bonds is 9. The van der Waals surface area contributed by atoms with Crippen molar-refractivity contribution in [1.82, 2.24) is 10.6 Å². The molecule has 1 amide bonds. The van der Waals surface area contributed by atoms with E-state index in [9.17, 15) is 4.79 Å². The van der Waals surface area contributed by atoms with Crippen LogP contribution in [0.15, 0.2) is 18.2 Å². The van der Waals surface area contributed by atoms with Crippen molar-refractivity contribution in [3.63, 3.8) is 0 Å². The largest absolute Gasteiger partial charge is 0.493 e. The first-order valence-corrected chi connectivity index (χ1v) is 7.52. The van der Waals surface area contributed by atoms with Gasteiger partial charge >= 0.3 is 0 Å². The molecule has 2 N–H and O–H groups in total. The molecule has 1 fully saturated rings. The molecule has 0 spiro atoms. The summed E-state index contributed by atoms with van der Waals surface area (Å²) < 4.78 is 10.9. The molecular formula is C16H24N2O3. The maximum atomic E-state index is 11.6. The molecule has 5 nitrogen and oxygen atoms in total. The molecule has 0 radical (unpaired) electrons. The summed E-state index contributed by atoms with van der Waals surface area (Å²) in [5, 5.41) is 6.23. The van der Waals surface area contributed by atoms with Crippen molar-refractivity contribution in [2.75, 3.05) is 20.3 Å². The zero-order chi connectivity index (χ0) is 15.1. The monoisotopic (exact) mass is 292 g/mol. The normalized spacial score (nSPS) is 13.8. The molecule has 5 heteroatoms. The van der Waals surface area contributed by atoms with E-state index in [1.165, 1.54) is 0 Å². The van der Waals surface area contributed by atoms with Crippen LogP contribution in [0.2, 0.25) is 0 Å². The van der Waals surface area contributed by atoms with Gasteiger partial charge in [0.15, 0.2) is 18.1 Å². The van der Waals surface area contributed by atoms with Gasteiger partial charge in [0, 0.05) is 12.6 Å². The molecule has 0 aromatic heterocycles. The van der Waals surface area contributed by atoms with Gasteiger partial charge in [-0.05, 0) is 43.5 Å². The van der Waals surface area contributed by atoms with Gasteiger partial charge in [-0.25, -0.2) is 0 Å². The fraction of sp³-hybridized carbons (Fsp3) is 0.562. The highest BCUT2D eigenvalue weighted by molar-refractivity contribution is 5.78. The Labute approximate surface area is 126 Å². The third-order valence-electron chi connectivity index (χ3n) is 3.29. The molecule has 0 heterocycles. The van der Waals surface area contributed by atoms with Crippen molar-refractivity contribution in [1.29, 1.82) is 0 Å². The van der Waals surface area contributed by atoms with Gasteiger partial charge in [0.2, 0.25) is 0 Å². The number of hydrogen-bond donors (Lipinski definition) is 2. The van der Waals surface area contributed by atoms with Gasteiger partial charge in [-0.3, -0.25) is 4.79 Å². The SMILES string of the molecule is CCCNCc1ccc(OCC(=O)NC2CC2)c(OC)c1. The molecule has 2 rings (SSSR count). The van der Waals surface area contributed by atoms with Crippen LogP contribution in [0, 0.1) is 0 Å². The number of carbonyl (C=O) groups excluding carboxylic acids is 1. The van der Waals surface area contributed by atoms with Crippen molar-refractivity contribution in [3.05, 3.63) is 23.8 Å². The van der Waals surface area contributed by atoms with E-state index in [-0.39, 0.29) is 12.5 Å². The van der Waals surface area contributed by atoms with E-state index in [4.69, 9.17) is 9.47 Å². The number of methoxy groups -OCH3 is 1. The highest BCUT2D eigenvalue weighted by atomic mass is 16.5. The summed E-state index contributed by atoms with van der Waals surface area (Å²) in [6.45, 7) is 3.95. The van der Waals surface area contributed by atoms with Gasteiger partial charge in [0.05, 0.1) is 7.11 Å². The molecule has 116 valence electrons. The summed E-state index contributed by atoms with van der Waals surface area (Å²) in [5.74, 6) is 1.18. The van der Waals surface area contributed by atoms with Gasteiger partial charge in [-0.15, -0.1) is 0 Å². The smallest absolute Gasteiger partial charge is 0.258 e. The predicted octanol–water partition coefficient (Wildman–Crippen LogP) is 1.85. The highest BCUT2D eigenvalue weighted by Crippen LogP contribution is 2.28. The van der Waals surface area contributed by atoms with Crippen molar-refractivity contribution < 1.29 is 14.3 Å². The van der Waals surface area contributed by atoms with Gasteiger partial charge in [0.25, 0.3) is 5.91 Å². The molecule has 1 aliphatic rings. The van der Waals surface area contributed by atoms with Crippen LogP contribution < -0.4 is 20.1 Å². The molecule has 0 aliphatic heterocycles. The molecular weight excluding hydrogens is 268 g/mol. The third-order valence-corrected chi connectivity index (χ3v) is 3.29. The minimum atomic E-state index is -0.0757. The van der Waals surface area contributed by atoms with Gasteiger partial charge in [-0.2, -0.15) is 0 Å². The lowest BCUT2D eigenvalue weighted by atomic mass is 10.2. The summed E-state index contributed by atoms with van der Waals surface area (Å²) in [6.07, 6.45) is 3.26. The first kappa shape index (κ1) is 15.6. The van der Waals surface area contributed by atoms with Crippen LogP contribution >= 0.6 is 0 Å². The Morgan fingerprint density at radius 1 is 1.33 bits per heavy atom. The van der Waals surface area contributed by atoms with E-state index >= 15 is 0 Å². The van der Waals surface area contributed by atoms with Crippen LogP contribution in [0.4, 0.5) is 0 Å². The molecule has 0 atom stereocenters. The molecule has 1 aliphatic carbocycles. The Kier molecular flexibility index (Phi) is 5.87. The Bertz CT molecular complexity index is 473. The van der Waals surface area contributed by atoms with E-state index in [2.05, 4.69) is 17.6 Å². The maximum Gasteiger partial charge on any atom is 0.258 e. The van der Waals surface area contributed by atoms with Gasteiger partial charge in [0.1, 0.15) is 0 Å². The lowest BCUT2D eigenvalue weighted by Crippen LogP contribution is -2.30. The minimum Gasteiger partial charge on any atom is -0.493 e. The summed E-state index contributed by atoms with van der Waals surface area (Å²) in [7, 11) is 1.61. The van der Waals surface area contributed by atoms with Crippen molar-refractivity contribution in [2.45, 2.75) is 38.8 Å². The fourth-order valence-corrected chi connectivity index (χ4v) is 1.99.